The lowest BCUT2D eigenvalue weighted by Gasteiger charge is -1.99. The molecule has 0 bridgehead atoms. The van der Waals surface area contributed by atoms with Gasteiger partial charge in [-0.05, 0) is 27.9 Å². The molecule has 0 spiro atoms. The Kier molecular flexibility index (Phi) is 3.33. The summed E-state index contributed by atoms with van der Waals surface area (Å²) in [5, 5.41) is 9.57. The van der Waals surface area contributed by atoms with Crippen molar-refractivity contribution in [2.45, 2.75) is 19.8 Å². The molecule has 0 radical (unpaired) electrons. The molecule has 0 unspecified atom stereocenters. The maximum absolute atomic E-state index is 11.8. The summed E-state index contributed by atoms with van der Waals surface area (Å²) in [5.74, 6) is 0.591. The Morgan fingerprint density at radius 3 is 2.88 bits per heavy atom. The molecule has 2 heterocycles. The topological polar surface area (TPSA) is 70.9 Å². The molecule has 5 nitrogen and oxygen atoms in total. The highest BCUT2D eigenvalue weighted by atomic mass is 79.9. The number of nitrogens with zero attached hydrogens (tertiary/aromatic N) is 1. The van der Waals surface area contributed by atoms with Crippen molar-refractivity contribution in [2.24, 2.45) is 0 Å². The molecule has 0 saturated heterocycles. The Labute approximate surface area is 107 Å². The van der Waals surface area contributed by atoms with Gasteiger partial charge in [-0.3, -0.25) is 9.89 Å². The average molecular weight is 298 g/mol. The number of carbonyl (C=O) groups excluding carboxylic acids is 1. The number of aromatic nitrogens is 2. The van der Waals surface area contributed by atoms with Crippen molar-refractivity contribution in [3.8, 4) is 0 Å². The fourth-order valence-electron chi connectivity index (χ4n) is 1.34. The van der Waals surface area contributed by atoms with Crippen LogP contribution in [0.1, 0.15) is 35.8 Å². The summed E-state index contributed by atoms with van der Waals surface area (Å²) in [6.45, 7) is 4.09. The van der Waals surface area contributed by atoms with Crippen LogP contribution in [0.2, 0.25) is 0 Å². The first kappa shape index (κ1) is 11.9. The van der Waals surface area contributed by atoms with Crippen molar-refractivity contribution in [3.63, 3.8) is 0 Å². The fourth-order valence-corrected chi connectivity index (χ4v) is 1.76. The largest absolute Gasteiger partial charge is 0.457 e. The smallest absolute Gasteiger partial charge is 0.261 e. The van der Waals surface area contributed by atoms with Gasteiger partial charge in [0.05, 0.1) is 11.8 Å². The standard InChI is InChI=1S/C11H12BrN3O2/c1-6(2)8-5-9(15-14-8)13-11(16)7-3-4-17-10(7)12/h3-6H,1-2H3,(H2,13,14,15,16). The molecule has 6 heteroatoms. The zero-order valence-corrected chi connectivity index (χ0v) is 11.0. The van der Waals surface area contributed by atoms with Crippen LogP contribution >= 0.6 is 15.9 Å². The Morgan fingerprint density at radius 2 is 2.35 bits per heavy atom. The van der Waals surface area contributed by atoms with Gasteiger partial charge in [-0.25, -0.2) is 0 Å². The Bertz CT molecular complexity index is 530. The van der Waals surface area contributed by atoms with E-state index in [1.165, 1.54) is 6.26 Å². The summed E-state index contributed by atoms with van der Waals surface area (Å²) >= 11 is 3.15. The Balaban J connectivity index is 2.11. The number of nitrogens with one attached hydrogen (secondary N) is 2. The lowest BCUT2D eigenvalue weighted by molar-refractivity contribution is 0.102. The third-order valence-corrected chi connectivity index (χ3v) is 2.94. The minimum Gasteiger partial charge on any atom is -0.457 e. The fraction of sp³-hybridized carbons (Fsp3) is 0.273. The van der Waals surface area contributed by atoms with Crippen molar-refractivity contribution in [2.75, 3.05) is 5.32 Å². The molecule has 2 aromatic rings. The molecule has 0 saturated carbocycles. The van der Waals surface area contributed by atoms with Crippen LogP contribution in [0.15, 0.2) is 27.5 Å². The molecule has 0 aliphatic rings. The summed E-state index contributed by atoms with van der Waals surface area (Å²) in [4.78, 5) is 11.8. The number of hydrogen-bond acceptors (Lipinski definition) is 3. The highest BCUT2D eigenvalue weighted by Gasteiger charge is 2.14. The lowest BCUT2D eigenvalue weighted by atomic mass is 10.1. The van der Waals surface area contributed by atoms with Gasteiger partial charge in [0.25, 0.3) is 5.91 Å². The van der Waals surface area contributed by atoms with E-state index >= 15 is 0 Å². The van der Waals surface area contributed by atoms with Crippen molar-refractivity contribution in [1.82, 2.24) is 10.2 Å². The first-order valence-electron chi connectivity index (χ1n) is 5.17. The minimum atomic E-state index is -0.257. The number of amides is 1. The Morgan fingerprint density at radius 1 is 1.59 bits per heavy atom. The Hall–Kier alpha value is -1.56. The predicted octanol–water partition coefficient (Wildman–Crippen LogP) is 3.14. The minimum absolute atomic E-state index is 0.257. The third kappa shape index (κ3) is 2.58. The van der Waals surface area contributed by atoms with Crippen molar-refractivity contribution in [1.29, 1.82) is 0 Å². The second-order valence-electron chi connectivity index (χ2n) is 3.93. The number of aromatic amines is 1. The molecule has 2 N–H and O–H groups in total. The molecule has 0 aromatic carbocycles. The van der Waals surface area contributed by atoms with Crippen LogP contribution in [0.4, 0.5) is 5.82 Å². The van der Waals surface area contributed by atoms with Gasteiger partial charge in [0.2, 0.25) is 0 Å². The van der Waals surface area contributed by atoms with E-state index in [9.17, 15) is 4.79 Å². The van der Waals surface area contributed by atoms with Gasteiger partial charge >= 0.3 is 0 Å². The van der Waals surface area contributed by atoms with Gasteiger partial charge in [-0.15, -0.1) is 0 Å². The van der Waals surface area contributed by atoms with Gasteiger partial charge in [-0.1, -0.05) is 13.8 Å². The number of hydrogen-bond donors (Lipinski definition) is 2. The first-order chi connectivity index (χ1) is 8.08. The third-order valence-electron chi connectivity index (χ3n) is 2.32. The van der Waals surface area contributed by atoms with Crippen LogP contribution in [-0.4, -0.2) is 16.1 Å². The van der Waals surface area contributed by atoms with E-state index in [0.29, 0.717) is 22.0 Å². The second kappa shape index (κ2) is 4.75. The van der Waals surface area contributed by atoms with E-state index in [-0.39, 0.29) is 5.91 Å². The highest BCUT2D eigenvalue weighted by Crippen LogP contribution is 2.20. The maximum Gasteiger partial charge on any atom is 0.261 e. The van der Waals surface area contributed by atoms with Crippen molar-refractivity contribution >= 4 is 27.7 Å². The van der Waals surface area contributed by atoms with Crippen LogP contribution in [0.25, 0.3) is 0 Å². The normalized spacial score (nSPS) is 10.8. The quantitative estimate of drug-likeness (QED) is 0.914. The molecular weight excluding hydrogens is 286 g/mol. The van der Waals surface area contributed by atoms with E-state index in [0.717, 1.165) is 5.69 Å². The van der Waals surface area contributed by atoms with E-state index in [2.05, 4.69) is 31.4 Å². The summed E-state index contributed by atoms with van der Waals surface area (Å²) in [6, 6.07) is 3.41. The van der Waals surface area contributed by atoms with Crippen LogP contribution in [-0.2, 0) is 0 Å². The second-order valence-corrected chi connectivity index (χ2v) is 4.65. The summed E-state index contributed by atoms with van der Waals surface area (Å²) < 4.78 is 5.41. The molecule has 0 aliphatic heterocycles. The lowest BCUT2D eigenvalue weighted by Crippen LogP contribution is -2.11. The van der Waals surface area contributed by atoms with E-state index in [4.69, 9.17) is 4.42 Å². The SMILES string of the molecule is CC(C)c1cc(NC(=O)c2ccoc2Br)n[nH]1. The zero-order chi connectivity index (χ0) is 12.4. The van der Waals surface area contributed by atoms with Crippen LogP contribution < -0.4 is 5.32 Å². The molecule has 2 rings (SSSR count). The molecule has 0 aliphatic carbocycles. The summed E-state index contributed by atoms with van der Waals surface area (Å²) in [6.07, 6.45) is 1.45. The van der Waals surface area contributed by atoms with E-state index in [1.807, 2.05) is 19.9 Å². The summed E-state index contributed by atoms with van der Waals surface area (Å²) in [5.41, 5.74) is 1.42. The zero-order valence-electron chi connectivity index (χ0n) is 9.45. The molecule has 1 amide bonds. The monoisotopic (exact) mass is 297 g/mol. The molecule has 90 valence electrons. The first-order valence-corrected chi connectivity index (χ1v) is 5.97. The van der Waals surface area contributed by atoms with Gasteiger partial charge in [0.15, 0.2) is 10.5 Å². The molecule has 2 aromatic heterocycles. The molecule has 17 heavy (non-hydrogen) atoms. The van der Waals surface area contributed by atoms with E-state index in [1.54, 1.807) is 6.07 Å². The average Bonchev–Trinajstić information content (AvgIpc) is 2.86. The van der Waals surface area contributed by atoms with Gasteiger partial charge in [0.1, 0.15) is 0 Å². The number of H-pyrrole nitrogens is 1. The number of halogens is 1. The van der Waals surface area contributed by atoms with Crippen molar-refractivity contribution in [3.05, 3.63) is 34.3 Å². The molecule has 0 fully saturated rings. The highest BCUT2D eigenvalue weighted by molar-refractivity contribution is 9.10. The van der Waals surface area contributed by atoms with Crippen LogP contribution in [0.5, 0.6) is 0 Å². The molecule has 0 atom stereocenters. The van der Waals surface area contributed by atoms with Crippen LogP contribution in [0.3, 0.4) is 0 Å². The predicted molar refractivity (Wildman–Crippen MR) is 67.0 cm³/mol. The number of furan rings is 1. The number of rotatable bonds is 3. The van der Waals surface area contributed by atoms with Crippen molar-refractivity contribution < 1.29 is 9.21 Å². The maximum atomic E-state index is 11.8. The molecular formula is C11H12BrN3O2. The van der Waals surface area contributed by atoms with E-state index < -0.39 is 0 Å². The van der Waals surface area contributed by atoms with Gasteiger partial charge < -0.3 is 9.73 Å². The van der Waals surface area contributed by atoms with Gasteiger partial charge in [0, 0.05) is 11.8 Å². The number of anilines is 1. The van der Waals surface area contributed by atoms with Gasteiger partial charge in [-0.2, -0.15) is 5.10 Å². The number of carbonyl (C=O) groups is 1. The van der Waals surface area contributed by atoms with Crippen LogP contribution in [0, 0.1) is 0 Å². The summed E-state index contributed by atoms with van der Waals surface area (Å²) in [7, 11) is 0.